The van der Waals surface area contributed by atoms with Gasteiger partial charge in [0.15, 0.2) is 0 Å². The van der Waals surface area contributed by atoms with Gasteiger partial charge in [-0.15, -0.1) is 0 Å². The van der Waals surface area contributed by atoms with Gasteiger partial charge in [0, 0.05) is 36.8 Å². The first-order valence-corrected chi connectivity index (χ1v) is 5.85. The fraction of sp³-hybridized carbons (Fsp3) is 0.0667. The van der Waals surface area contributed by atoms with Gasteiger partial charge in [-0.2, -0.15) is 0 Å². The molecule has 0 aliphatic heterocycles. The van der Waals surface area contributed by atoms with E-state index in [0.717, 1.165) is 22.4 Å². The zero-order valence-electron chi connectivity index (χ0n) is 10.6. The molecule has 0 aliphatic rings. The van der Waals surface area contributed by atoms with E-state index in [4.69, 9.17) is 5.73 Å². The van der Waals surface area contributed by atoms with Crippen molar-refractivity contribution in [3.63, 3.8) is 0 Å². The monoisotopic (exact) mass is 253 g/mol. The fourth-order valence-corrected chi connectivity index (χ4v) is 1.87. The van der Waals surface area contributed by atoms with Gasteiger partial charge in [0.1, 0.15) is 5.75 Å². The fourth-order valence-electron chi connectivity index (χ4n) is 1.87. The lowest BCUT2D eigenvalue weighted by Crippen LogP contribution is -2.06. The van der Waals surface area contributed by atoms with Crippen LogP contribution >= 0.6 is 0 Å². The van der Waals surface area contributed by atoms with Crippen molar-refractivity contribution < 1.29 is 5.11 Å². The van der Waals surface area contributed by atoms with Crippen LogP contribution < -0.4 is 5.73 Å². The molecule has 1 aromatic carbocycles. The van der Waals surface area contributed by atoms with Crippen LogP contribution in [-0.4, -0.2) is 22.8 Å². The van der Waals surface area contributed by atoms with Gasteiger partial charge >= 0.3 is 0 Å². The molecule has 0 fully saturated rings. The van der Waals surface area contributed by atoms with Gasteiger partial charge in [0.05, 0.1) is 5.71 Å². The molecular formula is C15H15N3O. The van der Waals surface area contributed by atoms with Crippen molar-refractivity contribution in [2.24, 2.45) is 10.7 Å². The van der Waals surface area contributed by atoms with Crippen molar-refractivity contribution in [3.8, 4) is 5.75 Å². The number of pyridine rings is 1. The highest BCUT2D eigenvalue weighted by Gasteiger charge is 2.11. The highest BCUT2D eigenvalue weighted by atomic mass is 16.3. The van der Waals surface area contributed by atoms with E-state index in [1.165, 1.54) is 6.20 Å². The quantitative estimate of drug-likeness (QED) is 0.824. The molecule has 0 atom stereocenters. The summed E-state index contributed by atoms with van der Waals surface area (Å²) >= 11 is 0. The van der Waals surface area contributed by atoms with Gasteiger partial charge in [0.2, 0.25) is 0 Å². The number of nitrogens with zero attached hydrogens (tertiary/aromatic N) is 2. The average molecular weight is 253 g/mol. The Morgan fingerprint density at radius 1 is 1.11 bits per heavy atom. The van der Waals surface area contributed by atoms with Gasteiger partial charge in [-0.05, 0) is 42.0 Å². The topological polar surface area (TPSA) is 71.5 Å². The minimum Gasteiger partial charge on any atom is -0.508 e. The first kappa shape index (κ1) is 12.8. The molecule has 4 heteroatoms. The number of rotatable bonds is 3. The van der Waals surface area contributed by atoms with Crippen LogP contribution in [0.1, 0.15) is 11.1 Å². The highest BCUT2D eigenvalue weighted by Crippen LogP contribution is 2.20. The second kappa shape index (κ2) is 5.82. The molecular weight excluding hydrogens is 238 g/mol. The van der Waals surface area contributed by atoms with Gasteiger partial charge < -0.3 is 10.8 Å². The number of benzene rings is 1. The summed E-state index contributed by atoms with van der Waals surface area (Å²) < 4.78 is 0. The van der Waals surface area contributed by atoms with Gasteiger partial charge in [0.25, 0.3) is 0 Å². The van der Waals surface area contributed by atoms with Gasteiger partial charge in [-0.3, -0.25) is 9.98 Å². The van der Waals surface area contributed by atoms with E-state index < -0.39 is 0 Å². The lowest BCUT2D eigenvalue weighted by Gasteiger charge is -2.10. The van der Waals surface area contributed by atoms with Crippen molar-refractivity contribution in [1.82, 2.24) is 4.98 Å². The van der Waals surface area contributed by atoms with E-state index in [1.807, 2.05) is 24.3 Å². The molecule has 0 unspecified atom stereocenters. The number of phenolic OH excluding ortho intramolecular Hbond substituents is 1. The first-order valence-electron chi connectivity index (χ1n) is 5.85. The Kier molecular flexibility index (Phi) is 3.93. The van der Waals surface area contributed by atoms with Crippen LogP contribution in [0.2, 0.25) is 0 Å². The van der Waals surface area contributed by atoms with E-state index >= 15 is 0 Å². The lowest BCUT2D eigenvalue weighted by atomic mass is 9.97. The summed E-state index contributed by atoms with van der Waals surface area (Å²) in [6.45, 7) is 0. The van der Waals surface area contributed by atoms with Crippen molar-refractivity contribution in [2.75, 3.05) is 7.05 Å². The summed E-state index contributed by atoms with van der Waals surface area (Å²) in [6, 6.07) is 10.6. The molecule has 1 aromatic heterocycles. The zero-order chi connectivity index (χ0) is 13.7. The number of aromatic hydroxyl groups is 1. The Balaban J connectivity index is 2.45. The molecule has 2 rings (SSSR count). The van der Waals surface area contributed by atoms with Crippen LogP contribution in [0.4, 0.5) is 0 Å². The summed E-state index contributed by atoms with van der Waals surface area (Å²) in [5, 5.41) is 9.34. The maximum Gasteiger partial charge on any atom is 0.115 e. The highest BCUT2D eigenvalue weighted by molar-refractivity contribution is 6.31. The van der Waals surface area contributed by atoms with Crippen molar-refractivity contribution in [1.29, 1.82) is 0 Å². The zero-order valence-corrected chi connectivity index (χ0v) is 10.6. The van der Waals surface area contributed by atoms with E-state index in [1.54, 1.807) is 31.6 Å². The van der Waals surface area contributed by atoms with E-state index in [0.29, 0.717) is 0 Å². The normalized spacial score (nSPS) is 12.5. The van der Waals surface area contributed by atoms with Crippen LogP contribution in [0.5, 0.6) is 5.75 Å². The standard InChI is InChI=1S/C15H15N3O/c1-17-15(12-2-4-13(19)5-3-12)14(10-16)11-6-8-18-9-7-11/h2-10,19H,16H2,1H3. The Hall–Kier alpha value is -2.62. The third-order valence-electron chi connectivity index (χ3n) is 2.78. The first-order chi connectivity index (χ1) is 9.26. The summed E-state index contributed by atoms with van der Waals surface area (Å²) in [5.41, 5.74) is 9.18. The lowest BCUT2D eigenvalue weighted by molar-refractivity contribution is 0.475. The van der Waals surface area contributed by atoms with E-state index in [2.05, 4.69) is 9.98 Å². The SMILES string of the molecule is CN=C(C(=CN)c1ccncc1)c1ccc(O)cc1. The number of allylic oxidation sites excluding steroid dienone is 1. The molecule has 0 amide bonds. The molecule has 19 heavy (non-hydrogen) atoms. The third-order valence-corrected chi connectivity index (χ3v) is 2.78. The van der Waals surface area contributed by atoms with Gasteiger partial charge in [-0.1, -0.05) is 0 Å². The molecule has 0 radical (unpaired) electrons. The summed E-state index contributed by atoms with van der Waals surface area (Å²) in [6.07, 6.45) is 4.95. The number of aromatic nitrogens is 1. The predicted molar refractivity (Wildman–Crippen MR) is 77.0 cm³/mol. The Labute approximate surface area is 112 Å². The minimum atomic E-state index is 0.224. The molecule has 2 aromatic rings. The van der Waals surface area contributed by atoms with Crippen LogP contribution in [-0.2, 0) is 0 Å². The van der Waals surface area contributed by atoms with Crippen molar-refractivity contribution >= 4 is 11.3 Å². The maximum absolute atomic E-state index is 9.34. The number of hydrogen-bond acceptors (Lipinski definition) is 4. The summed E-state index contributed by atoms with van der Waals surface area (Å²) in [7, 11) is 1.72. The Morgan fingerprint density at radius 2 is 1.74 bits per heavy atom. The molecule has 0 saturated heterocycles. The van der Waals surface area contributed by atoms with Crippen LogP contribution in [0, 0.1) is 0 Å². The molecule has 0 bridgehead atoms. The van der Waals surface area contributed by atoms with Crippen molar-refractivity contribution in [2.45, 2.75) is 0 Å². The average Bonchev–Trinajstić information content (AvgIpc) is 2.47. The van der Waals surface area contributed by atoms with Crippen LogP contribution in [0.25, 0.3) is 5.57 Å². The Morgan fingerprint density at radius 3 is 2.26 bits per heavy atom. The number of phenols is 1. The molecule has 0 spiro atoms. The molecule has 96 valence electrons. The Bertz CT molecular complexity index is 601. The molecule has 4 nitrogen and oxygen atoms in total. The molecule has 1 heterocycles. The van der Waals surface area contributed by atoms with E-state index in [9.17, 15) is 5.11 Å². The molecule has 0 aliphatic carbocycles. The van der Waals surface area contributed by atoms with Crippen LogP contribution in [0.15, 0.2) is 60.0 Å². The van der Waals surface area contributed by atoms with Gasteiger partial charge in [-0.25, -0.2) is 0 Å². The van der Waals surface area contributed by atoms with Crippen LogP contribution in [0.3, 0.4) is 0 Å². The smallest absolute Gasteiger partial charge is 0.115 e. The molecule has 3 N–H and O–H groups in total. The van der Waals surface area contributed by atoms with Crippen molar-refractivity contribution in [3.05, 3.63) is 66.1 Å². The summed E-state index contributed by atoms with van der Waals surface area (Å²) in [4.78, 5) is 8.29. The maximum atomic E-state index is 9.34. The van der Waals surface area contributed by atoms with E-state index in [-0.39, 0.29) is 5.75 Å². The third kappa shape index (κ3) is 2.80. The number of hydrogen-bond donors (Lipinski definition) is 2. The number of aliphatic imine (C=N–C) groups is 1. The second-order valence-electron chi connectivity index (χ2n) is 3.94. The minimum absolute atomic E-state index is 0.224. The molecule has 0 saturated carbocycles. The predicted octanol–water partition coefficient (Wildman–Crippen LogP) is 2.21. The summed E-state index contributed by atoms with van der Waals surface area (Å²) in [5.74, 6) is 0.224. The largest absolute Gasteiger partial charge is 0.508 e. The second-order valence-corrected chi connectivity index (χ2v) is 3.94. The number of nitrogens with two attached hydrogens (primary N) is 1.